The number of para-hydroxylation sites is 2. The number of rotatable bonds is 8. The minimum atomic E-state index is -1.15. The molecule has 0 fully saturated rings. The molecule has 0 aromatic heterocycles. The minimum Gasteiger partial charge on any atom is -0.498 e. The summed E-state index contributed by atoms with van der Waals surface area (Å²) in [7, 11) is 0. The van der Waals surface area contributed by atoms with Crippen molar-refractivity contribution in [1.29, 1.82) is 0 Å². The van der Waals surface area contributed by atoms with Crippen LogP contribution in [-0.2, 0) is 6.42 Å². The minimum absolute atomic E-state index is 0.149. The van der Waals surface area contributed by atoms with Gasteiger partial charge in [-0.15, -0.1) is 11.8 Å². The number of fused-ring (bicyclic) bond motifs is 2. The van der Waals surface area contributed by atoms with Crippen molar-refractivity contribution in [2.75, 3.05) is 25.4 Å². The van der Waals surface area contributed by atoms with Crippen LogP contribution in [0.3, 0.4) is 0 Å². The average molecular weight is 486 g/mol. The predicted molar refractivity (Wildman–Crippen MR) is 137 cm³/mol. The van der Waals surface area contributed by atoms with Gasteiger partial charge in [0.15, 0.2) is 18.1 Å². The Morgan fingerprint density at radius 2 is 1.57 bits per heavy atom. The summed E-state index contributed by atoms with van der Waals surface area (Å²) < 4.78 is 11.9. The Labute approximate surface area is 209 Å². The standard InChI is InChI=1S/C29H27NO4S/c31-29(32)30(19-20-35-24-12-2-1-3-13-24,28-21-33-26-15-6-7-16-27(26)34-28)18-17-23-11-8-10-22-9-4-5-14-25(22)23/h1-16,28H,17-21H2/t28-,30?/m1/s1. The molecule has 0 saturated heterocycles. The smallest absolute Gasteiger partial charge is 0.273 e. The fraction of sp³-hybridized carbons (Fsp3) is 0.207. The Kier molecular flexibility index (Phi) is 6.93. The summed E-state index contributed by atoms with van der Waals surface area (Å²) in [5, 5.41) is 15.2. The number of quaternary nitrogens is 1. The van der Waals surface area contributed by atoms with Crippen LogP contribution in [0.15, 0.2) is 102 Å². The molecule has 1 amide bonds. The molecule has 35 heavy (non-hydrogen) atoms. The van der Waals surface area contributed by atoms with Crippen LogP contribution in [0.5, 0.6) is 11.5 Å². The Balaban J connectivity index is 1.43. The first-order valence-electron chi connectivity index (χ1n) is 11.8. The number of amides is 1. The van der Waals surface area contributed by atoms with Gasteiger partial charge in [0.1, 0.15) is 0 Å². The molecule has 0 saturated carbocycles. The van der Waals surface area contributed by atoms with E-state index in [4.69, 9.17) is 9.47 Å². The third-order valence-electron chi connectivity index (χ3n) is 6.57. The van der Waals surface area contributed by atoms with Crippen LogP contribution in [0, 0.1) is 0 Å². The summed E-state index contributed by atoms with van der Waals surface area (Å²) in [6, 6.07) is 31.7. The zero-order valence-corrected chi connectivity index (χ0v) is 20.2. The van der Waals surface area contributed by atoms with Crippen LogP contribution < -0.4 is 14.6 Å². The van der Waals surface area contributed by atoms with Gasteiger partial charge in [-0.25, -0.2) is 4.48 Å². The van der Waals surface area contributed by atoms with Gasteiger partial charge in [-0.05, 0) is 40.6 Å². The first-order chi connectivity index (χ1) is 17.2. The summed E-state index contributed by atoms with van der Waals surface area (Å²) in [6.07, 6.45) is -1.28. The number of ether oxygens (including phenoxy) is 2. The molecule has 0 N–H and O–H groups in total. The average Bonchev–Trinajstić information content (AvgIpc) is 2.91. The monoisotopic (exact) mass is 485 g/mol. The van der Waals surface area contributed by atoms with E-state index < -0.39 is 12.3 Å². The highest BCUT2D eigenvalue weighted by Crippen LogP contribution is 2.34. The van der Waals surface area contributed by atoms with Crippen LogP contribution in [0.1, 0.15) is 5.56 Å². The normalized spacial score (nSPS) is 16.5. The van der Waals surface area contributed by atoms with Crippen LogP contribution in [0.25, 0.3) is 10.8 Å². The summed E-state index contributed by atoms with van der Waals surface area (Å²) in [5.74, 6) is 1.80. The Morgan fingerprint density at radius 1 is 0.857 bits per heavy atom. The second-order valence-electron chi connectivity index (χ2n) is 8.63. The molecular formula is C29H27NO4S. The molecule has 4 aromatic carbocycles. The lowest BCUT2D eigenvalue weighted by Crippen LogP contribution is -2.69. The van der Waals surface area contributed by atoms with Gasteiger partial charge in [0.05, 0.1) is 13.1 Å². The van der Waals surface area contributed by atoms with Gasteiger partial charge in [-0.3, -0.25) is 0 Å². The van der Waals surface area contributed by atoms with Crippen LogP contribution in [0.2, 0.25) is 0 Å². The number of carbonyl (C=O) groups is 1. The summed E-state index contributed by atoms with van der Waals surface area (Å²) in [5.41, 5.74) is 1.11. The molecule has 6 heteroatoms. The van der Waals surface area contributed by atoms with E-state index in [1.165, 1.54) is 0 Å². The van der Waals surface area contributed by atoms with Crippen molar-refractivity contribution in [2.45, 2.75) is 17.5 Å². The van der Waals surface area contributed by atoms with E-state index >= 15 is 0 Å². The molecular weight excluding hydrogens is 458 g/mol. The van der Waals surface area contributed by atoms with E-state index in [0.29, 0.717) is 36.8 Å². The van der Waals surface area contributed by atoms with Crippen LogP contribution in [-0.4, -0.2) is 42.3 Å². The van der Waals surface area contributed by atoms with Gasteiger partial charge in [0, 0.05) is 17.1 Å². The molecule has 5 nitrogen and oxygen atoms in total. The molecule has 1 heterocycles. The molecule has 5 rings (SSSR count). The summed E-state index contributed by atoms with van der Waals surface area (Å²) in [6.45, 7) is 0.835. The zero-order valence-electron chi connectivity index (χ0n) is 19.3. The maximum absolute atomic E-state index is 12.9. The van der Waals surface area contributed by atoms with Crippen LogP contribution >= 0.6 is 11.8 Å². The lowest BCUT2D eigenvalue weighted by molar-refractivity contribution is -0.915. The molecule has 1 aliphatic rings. The molecule has 178 valence electrons. The number of hydrogen-bond acceptors (Lipinski definition) is 5. The highest BCUT2D eigenvalue weighted by molar-refractivity contribution is 7.99. The SMILES string of the molecule is O=C([O-])[N+](CCSc1ccccc1)(CCc1cccc2ccccc12)[C@H]1COc2ccccc2O1. The lowest BCUT2D eigenvalue weighted by atomic mass is 10.0. The second kappa shape index (κ2) is 10.4. The van der Waals surface area contributed by atoms with E-state index in [-0.39, 0.29) is 11.1 Å². The molecule has 1 unspecified atom stereocenters. The number of carbonyl (C=O) groups excluding carboxylic acids is 1. The molecule has 4 aromatic rings. The van der Waals surface area contributed by atoms with Crippen molar-refractivity contribution < 1.29 is 23.9 Å². The maximum Gasteiger partial charge on any atom is 0.273 e. The molecule has 0 bridgehead atoms. The highest BCUT2D eigenvalue weighted by Gasteiger charge is 2.43. The van der Waals surface area contributed by atoms with Gasteiger partial charge >= 0.3 is 0 Å². The van der Waals surface area contributed by atoms with Gasteiger partial charge in [0.25, 0.3) is 12.3 Å². The lowest BCUT2D eigenvalue weighted by Gasteiger charge is -2.44. The van der Waals surface area contributed by atoms with Crippen molar-refractivity contribution >= 4 is 28.6 Å². The number of nitrogens with zero attached hydrogens (tertiary/aromatic N) is 1. The van der Waals surface area contributed by atoms with E-state index in [1.807, 2.05) is 72.8 Å². The van der Waals surface area contributed by atoms with Crippen molar-refractivity contribution in [3.8, 4) is 11.5 Å². The first kappa shape index (κ1) is 23.3. The van der Waals surface area contributed by atoms with Crippen molar-refractivity contribution in [3.05, 3.63) is 103 Å². The molecule has 0 radical (unpaired) electrons. The maximum atomic E-state index is 12.9. The fourth-order valence-corrected chi connectivity index (χ4v) is 5.63. The van der Waals surface area contributed by atoms with Gasteiger partial charge in [-0.2, -0.15) is 0 Å². The van der Waals surface area contributed by atoms with E-state index in [0.717, 1.165) is 21.2 Å². The van der Waals surface area contributed by atoms with Crippen molar-refractivity contribution in [2.24, 2.45) is 0 Å². The summed E-state index contributed by atoms with van der Waals surface area (Å²) in [4.78, 5) is 14.0. The van der Waals surface area contributed by atoms with Crippen molar-refractivity contribution in [1.82, 2.24) is 0 Å². The fourth-order valence-electron chi connectivity index (χ4n) is 4.63. The molecule has 0 aliphatic carbocycles. The van der Waals surface area contributed by atoms with Crippen molar-refractivity contribution in [3.63, 3.8) is 0 Å². The molecule has 1 aliphatic heterocycles. The van der Waals surface area contributed by atoms with Gasteiger partial charge < -0.3 is 19.4 Å². The van der Waals surface area contributed by atoms with E-state index in [2.05, 4.69) is 24.3 Å². The molecule has 0 spiro atoms. The van der Waals surface area contributed by atoms with Gasteiger partial charge in [0.2, 0.25) is 0 Å². The Hall–Kier alpha value is -3.48. The first-order valence-corrected chi connectivity index (χ1v) is 12.8. The third kappa shape index (κ3) is 4.99. The van der Waals surface area contributed by atoms with Gasteiger partial charge in [-0.1, -0.05) is 72.8 Å². The predicted octanol–water partition coefficient (Wildman–Crippen LogP) is 5.13. The topological polar surface area (TPSA) is 58.6 Å². The number of thioether (sulfide) groups is 1. The van der Waals surface area contributed by atoms with E-state index in [9.17, 15) is 9.90 Å². The Bertz CT molecular complexity index is 1310. The number of carboxylic acid groups (broad SMARTS) is 1. The van der Waals surface area contributed by atoms with E-state index in [1.54, 1.807) is 11.8 Å². The quantitative estimate of drug-likeness (QED) is 0.256. The largest absolute Gasteiger partial charge is 0.498 e. The van der Waals surface area contributed by atoms with Crippen LogP contribution in [0.4, 0.5) is 4.79 Å². The number of benzene rings is 4. The number of hydrogen-bond donors (Lipinski definition) is 0. The Morgan fingerprint density at radius 3 is 2.40 bits per heavy atom. The third-order valence-corrected chi connectivity index (χ3v) is 7.56. The summed E-state index contributed by atoms with van der Waals surface area (Å²) >= 11 is 1.64. The highest BCUT2D eigenvalue weighted by atomic mass is 32.2. The molecule has 2 atom stereocenters. The zero-order chi connectivity index (χ0) is 24.1. The second-order valence-corrected chi connectivity index (χ2v) is 9.80.